The molecule has 100 valence electrons. The third-order valence-electron chi connectivity index (χ3n) is 2.13. The zero-order chi connectivity index (χ0) is 14.0. The van der Waals surface area contributed by atoms with Crippen LogP contribution in [0.2, 0.25) is 0 Å². The lowest BCUT2D eigenvalue weighted by Crippen LogP contribution is -2.07. The highest BCUT2D eigenvalue weighted by Gasteiger charge is 2.32. The van der Waals surface area contributed by atoms with E-state index in [2.05, 4.69) is 4.98 Å². The molecule has 0 unspecified atom stereocenters. The van der Waals surface area contributed by atoms with Crippen LogP contribution in [0.5, 0.6) is 10.8 Å². The van der Waals surface area contributed by atoms with Crippen LogP contribution in [-0.2, 0) is 5.92 Å². The van der Waals surface area contributed by atoms with Gasteiger partial charge in [0.15, 0.2) is 5.01 Å². The number of carboxylic acids is 1. The van der Waals surface area contributed by atoms with Crippen LogP contribution in [0, 0.1) is 0 Å². The van der Waals surface area contributed by atoms with E-state index in [9.17, 15) is 13.6 Å². The van der Waals surface area contributed by atoms with Crippen molar-refractivity contribution >= 4 is 17.3 Å². The molecule has 0 saturated heterocycles. The van der Waals surface area contributed by atoms with Crippen molar-refractivity contribution in [3.8, 4) is 10.8 Å². The first-order valence-electron chi connectivity index (χ1n) is 5.23. The number of aromatic nitrogens is 1. The van der Waals surface area contributed by atoms with Gasteiger partial charge in [-0.15, -0.1) is 0 Å². The van der Waals surface area contributed by atoms with Crippen LogP contribution >= 0.6 is 11.3 Å². The molecule has 0 aliphatic rings. The molecule has 0 bridgehead atoms. The highest BCUT2D eigenvalue weighted by atomic mass is 32.1. The van der Waals surface area contributed by atoms with Crippen LogP contribution in [0.25, 0.3) is 0 Å². The molecule has 7 heteroatoms. The van der Waals surface area contributed by atoms with E-state index < -0.39 is 22.6 Å². The summed E-state index contributed by atoms with van der Waals surface area (Å²) in [6, 6.07) is 8.31. The minimum absolute atomic E-state index is 0.157. The van der Waals surface area contributed by atoms with Crippen LogP contribution in [0.4, 0.5) is 8.78 Å². The molecule has 0 fully saturated rings. The number of aromatic carboxylic acids is 1. The summed E-state index contributed by atoms with van der Waals surface area (Å²) in [6.07, 6.45) is 0. The number of benzene rings is 1. The molecule has 1 aromatic heterocycles. The Labute approximate surface area is 111 Å². The third kappa shape index (κ3) is 3.05. The number of carbonyl (C=O) groups is 1. The van der Waals surface area contributed by atoms with E-state index in [4.69, 9.17) is 9.84 Å². The molecule has 0 saturated carbocycles. The second-order valence-electron chi connectivity index (χ2n) is 3.76. The lowest BCUT2D eigenvalue weighted by atomic mass is 10.3. The van der Waals surface area contributed by atoms with Crippen molar-refractivity contribution < 1.29 is 23.4 Å². The molecule has 1 aromatic carbocycles. The molecule has 0 atom stereocenters. The van der Waals surface area contributed by atoms with Gasteiger partial charge in [-0.25, -0.2) is 9.78 Å². The van der Waals surface area contributed by atoms with E-state index in [0.29, 0.717) is 24.0 Å². The van der Waals surface area contributed by atoms with E-state index in [0.717, 1.165) is 0 Å². The lowest BCUT2D eigenvalue weighted by Gasteiger charge is -2.04. The summed E-state index contributed by atoms with van der Waals surface area (Å²) in [5.74, 6) is -4.25. The third-order valence-corrected chi connectivity index (χ3v) is 3.23. The first kappa shape index (κ1) is 13.4. The quantitative estimate of drug-likeness (QED) is 0.929. The zero-order valence-corrected chi connectivity index (χ0v) is 10.6. The first-order chi connectivity index (χ1) is 8.88. The molecule has 0 aliphatic heterocycles. The van der Waals surface area contributed by atoms with Gasteiger partial charge in [-0.05, 0) is 12.1 Å². The number of thiazole rings is 1. The largest absolute Gasteiger partial charge is 0.476 e. The zero-order valence-electron chi connectivity index (χ0n) is 9.76. The summed E-state index contributed by atoms with van der Waals surface area (Å²) in [5.41, 5.74) is -0.509. The van der Waals surface area contributed by atoms with Gasteiger partial charge in [-0.2, -0.15) is 8.78 Å². The Morgan fingerprint density at radius 2 is 2.00 bits per heavy atom. The number of hydrogen-bond donors (Lipinski definition) is 1. The average Bonchev–Trinajstić information content (AvgIpc) is 2.74. The van der Waals surface area contributed by atoms with Crippen LogP contribution in [-0.4, -0.2) is 16.1 Å². The molecule has 1 heterocycles. The second kappa shape index (κ2) is 4.93. The molecule has 0 aliphatic carbocycles. The Hall–Kier alpha value is -2.02. The van der Waals surface area contributed by atoms with Crippen LogP contribution < -0.4 is 4.74 Å². The number of alkyl halides is 2. The SMILES string of the molecule is CC(F)(F)c1nc(C(=O)O)c(Oc2ccccc2)s1. The maximum atomic E-state index is 13.1. The number of nitrogens with zero attached hydrogens (tertiary/aromatic N) is 1. The van der Waals surface area contributed by atoms with Crippen molar-refractivity contribution in [2.24, 2.45) is 0 Å². The van der Waals surface area contributed by atoms with Crippen LogP contribution in [0.15, 0.2) is 30.3 Å². The summed E-state index contributed by atoms with van der Waals surface area (Å²) in [6.45, 7) is 0.657. The van der Waals surface area contributed by atoms with Crippen molar-refractivity contribution in [1.29, 1.82) is 0 Å². The number of carboxylic acid groups (broad SMARTS) is 1. The highest BCUT2D eigenvalue weighted by Crippen LogP contribution is 2.38. The molecule has 1 N–H and O–H groups in total. The number of rotatable bonds is 4. The van der Waals surface area contributed by atoms with E-state index in [-0.39, 0.29) is 5.06 Å². The second-order valence-corrected chi connectivity index (χ2v) is 4.73. The fourth-order valence-corrected chi connectivity index (χ4v) is 2.15. The summed E-state index contributed by atoms with van der Waals surface area (Å²) in [7, 11) is 0. The summed E-state index contributed by atoms with van der Waals surface area (Å²) in [4.78, 5) is 14.4. The van der Waals surface area contributed by atoms with Gasteiger partial charge in [0.25, 0.3) is 5.92 Å². The molecule has 19 heavy (non-hydrogen) atoms. The van der Waals surface area contributed by atoms with Crippen molar-refractivity contribution in [3.63, 3.8) is 0 Å². The molecule has 0 amide bonds. The molecule has 2 rings (SSSR count). The van der Waals surface area contributed by atoms with E-state index in [1.54, 1.807) is 30.3 Å². The highest BCUT2D eigenvalue weighted by molar-refractivity contribution is 7.14. The van der Waals surface area contributed by atoms with Crippen molar-refractivity contribution in [2.75, 3.05) is 0 Å². The molecule has 4 nitrogen and oxygen atoms in total. The molecular weight excluding hydrogens is 276 g/mol. The molecule has 2 aromatic rings. The minimum atomic E-state index is -3.20. The summed E-state index contributed by atoms with van der Waals surface area (Å²) < 4.78 is 31.6. The summed E-state index contributed by atoms with van der Waals surface area (Å²) >= 11 is 0.525. The Morgan fingerprint density at radius 1 is 1.37 bits per heavy atom. The topological polar surface area (TPSA) is 59.4 Å². The van der Waals surface area contributed by atoms with E-state index in [1.165, 1.54) is 0 Å². The number of para-hydroxylation sites is 1. The molecular formula is C12H9F2NO3S. The van der Waals surface area contributed by atoms with Gasteiger partial charge in [0.2, 0.25) is 10.8 Å². The predicted octanol–water partition coefficient (Wildman–Crippen LogP) is 3.75. The lowest BCUT2D eigenvalue weighted by molar-refractivity contribution is 0.0170. The summed E-state index contributed by atoms with van der Waals surface area (Å²) in [5, 5.41) is 8.20. The smallest absolute Gasteiger partial charge is 0.359 e. The van der Waals surface area contributed by atoms with Crippen LogP contribution in [0.1, 0.15) is 22.4 Å². The molecule has 0 radical (unpaired) electrons. The van der Waals surface area contributed by atoms with Gasteiger partial charge < -0.3 is 9.84 Å². The van der Waals surface area contributed by atoms with Gasteiger partial charge in [0.1, 0.15) is 5.75 Å². The van der Waals surface area contributed by atoms with Gasteiger partial charge in [0, 0.05) is 6.92 Å². The van der Waals surface area contributed by atoms with Gasteiger partial charge in [0.05, 0.1) is 0 Å². The standard InChI is InChI=1S/C12H9F2NO3S/c1-12(13,14)11-15-8(9(16)17)10(19-11)18-7-5-3-2-4-6-7/h2-6H,1H3,(H,16,17). The van der Waals surface area contributed by atoms with Crippen molar-refractivity contribution in [2.45, 2.75) is 12.8 Å². The van der Waals surface area contributed by atoms with Gasteiger partial charge >= 0.3 is 5.97 Å². The number of hydrogen-bond acceptors (Lipinski definition) is 4. The maximum Gasteiger partial charge on any atom is 0.359 e. The Morgan fingerprint density at radius 3 is 2.53 bits per heavy atom. The van der Waals surface area contributed by atoms with Gasteiger partial charge in [-0.3, -0.25) is 0 Å². The minimum Gasteiger partial charge on any atom is -0.476 e. The fraction of sp³-hybridized carbons (Fsp3) is 0.167. The molecule has 0 spiro atoms. The van der Waals surface area contributed by atoms with Crippen molar-refractivity contribution in [1.82, 2.24) is 4.98 Å². The van der Waals surface area contributed by atoms with E-state index >= 15 is 0 Å². The van der Waals surface area contributed by atoms with E-state index in [1.807, 2.05) is 0 Å². The average molecular weight is 285 g/mol. The maximum absolute atomic E-state index is 13.1. The predicted molar refractivity (Wildman–Crippen MR) is 65.2 cm³/mol. The normalized spacial score (nSPS) is 11.3. The monoisotopic (exact) mass is 285 g/mol. The number of ether oxygens (including phenoxy) is 1. The van der Waals surface area contributed by atoms with Gasteiger partial charge in [-0.1, -0.05) is 29.5 Å². The Balaban J connectivity index is 2.39. The van der Waals surface area contributed by atoms with Crippen LogP contribution in [0.3, 0.4) is 0 Å². The van der Waals surface area contributed by atoms with Crippen molar-refractivity contribution in [3.05, 3.63) is 41.0 Å². The number of halogens is 2. The Bertz CT molecular complexity index is 593. The Kier molecular flexibility index (Phi) is 3.48. The first-order valence-corrected chi connectivity index (χ1v) is 6.05. The fourth-order valence-electron chi connectivity index (χ4n) is 1.29.